The first-order valence-electron chi connectivity index (χ1n) is 6.79. The summed E-state index contributed by atoms with van der Waals surface area (Å²) in [6, 6.07) is 0. The molecule has 1 saturated heterocycles. The zero-order valence-corrected chi connectivity index (χ0v) is 10.8. The molecule has 0 radical (unpaired) electrons. The summed E-state index contributed by atoms with van der Waals surface area (Å²) in [5, 5.41) is 8.83. The molecule has 0 aromatic rings. The summed E-state index contributed by atoms with van der Waals surface area (Å²) in [4.78, 5) is 0. The Labute approximate surface area is 105 Å². The van der Waals surface area contributed by atoms with Crippen LogP contribution in [0.15, 0.2) is 0 Å². The first kappa shape index (κ1) is 14.8. The minimum Gasteiger partial charge on any atom is -0.330 e. The topological polar surface area (TPSA) is 87.1 Å². The Bertz CT molecular complexity index is 162. The van der Waals surface area contributed by atoms with E-state index < -0.39 is 0 Å². The Balaban J connectivity index is 1.61. The minimum atomic E-state index is 0.787. The molecule has 0 aliphatic carbocycles. The molecule has 6 heteroatoms. The SMILES string of the molecule is NCCCNCCCCNCCCNN1CN1. The molecule has 0 saturated carbocycles. The van der Waals surface area contributed by atoms with Gasteiger partial charge in [-0.25, -0.2) is 10.9 Å². The second kappa shape index (κ2) is 10.9. The normalized spacial score (nSPS) is 18.5. The predicted molar refractivity (Wildman–Crippen MR) is 71.1 cm³/mol. The lowest BCUT2D eigenvalue weighted by Gasteiger charge is -2.06. The maximum atomic E-state index is 5.41. The van der Waals surface area contributed by atoms with Gasteiger partial charge in [0.1, 0.15) is 0 Å². The van der Waals surface area contributed by atoms with Gasteiger partial charge in [-0.3, -0.25) is 0 Å². The van der Waals surface area contributed by atoms with E-state index in [0.717, 1.165) is 52.4 Å². The summed E-state index contributed by atoms with van der Waals surface area (Å²) >= 11 is 0. The molecule has 1 rings (SSSR count). The fourth-order valence-corrected chi connectivity index (χ4v) is 1.55. The molecule has 0 amide bonds. The van der Waals surface area contributed by atoms with Crippen LogP contribution in [-0.2, 0) is 0 Å². The van der Waals surface area contributed by atoms with Crippen molar-refractivity contribution in [3.8, 4) is 0 Å². The third kappa shape index (κ3) is 10.6. The molecule has 0 aromatic heterocycles. The van der Waals surface area contributed by atoms with Crippen molar-refractivity contribution in [2.45, 2.75) is 25.7 Å². The summed E-state index contributed by atoms with van der Waals surface area (Å²) < 4.78 is 0. The standard InChI is InChI=1S/C11H28N6/c12-5-3-8-13-6-1-2-7-14-9-4-10-15-17-11-16-17/h13-16H,1-12H2. The van der Waals surface area contributed by atoms with Gasteiger partial charge in [0.05, 0.1) is 6.67 Å². The van der Waals surface area contributed by atoms with Crippen molar-refractivity contribution in [1.29, 1.82) is 0 Å². The number of nitrogens with two attached hydrogens (primary N) is 1. The van der Waals surface area contributed by atoms with Crippen LogP contribution in [0, 0.1) is 0 Å². The van der Waals surface area contributed by atoms with Crippen LogP contribution < -0.4 is 27.2 Å². The highest BCUT2D eigenvalue weighted by Gasteiger charge is 2.13. The summed E-state index contributed by atoms with van der Waals surface area (Å²) in [6.07, 6.45) is 4.74. The van der Waals surface area contributed by atoms with E-state index in [4.69, 9.17) is 5.73 Å². The van der Waals surface area contributed by atoms with E-state index in [1.165, 1.54) is 19.3 Å². The van der Waals surface area contributed by atoms with Gasteiger partial charge >= 0.3 is 0 Å². The quantitative estimate of drug-likeness (QED) is 0.210. The van der Waals surface area contributed by atoms with Gasteiger partial charge in [-0.05, 0) is 58.4 Å². The van der Waals surface area contributed by atoms with E-state index in [1.807, 2.05) is 5.12 Å². The smallest absolute Gasteiger partial charge is 0.0924 e. The Morgan fingerprint density at radius 1 is 0.882 bits per heavy atom. The maximum absolute atomic E-state index is 5.41. The van der Waals surface area contributed by atoms with Gasteiger partial charge in [0.15, 0.2) is 0 Å². The molecule has 6 nitrogen and oxygen atoms in total. The van der Waals surface area contributed by atoms with E-state index in [-0.39, 0.29) is 0 Å². The fourth-order valence-electron chi connectivity index (χ4n) is 1.55. The van der Waals surface area contributed by atoms with Crippen LogP contribution in [0.1, 0.15) is 25.7 Å². The number of unbranched alkanes of at least 4 members (excludes halogenated alkanes) is 1. The number of hydrazine groups is 2. The lowest BCUT2D eigenvalue weighted by molar-refractivity contribution is 0.365. The van der Waals surface area contributed by atoms with Gasteiger partial charge in [0, 0.05) is 6.54 Å². The van der Waals surface area contributed by atoms with E-state index in [9.17, 15) is 0 Å². The van der Waals surface area contributed by atoms with Crippen molar-refractivity contribution in [3.63, 3.8) is 0 Å². The van der Waals surface area contributed by atoms with Crippen LogP contribution in [0.4, 0.5) is 0 Å². The van der Waals surface area contributed by atoms with Gasteiger partial charge in [-0.2, -0.15) is 5.12 Å². The lowest BCUT2D eigenvalue weighted by Crippen LogP contribution is -2.27. The molecule has 1 unspecified atom stereocenters. The summed E-state index contributed by atoms with van der Waals surface area (Å²) in [5.74, 6) is 0. The van der Waals surface area contributed by atoms with Gasteiger partial charge in [0.25, 0.3) is 0 Å². The molecule has 6 N–H and O–H groups in total. The molecule has 1 heterocycles. The van der Waals surface area contributed by atoms with Gasteiger partial charge in [-0.15, -0.1) is 0 Å². The van der Waals surface area contributed by atoms with Crippen molar-refractivity contribution in [2.75, 3.05) is 45.9 Å². The Morgan fingerprint density at radius 2 is 1.47 bits per heavy atom. The largest absolute Gasteiger partial charge is 0.330 e. The second-order valence-electron chi connectivity index (χ2n) is 4.36. The van der Waals surface area contributed by atoms with E-state index >= 15 is 0 Å². The van der Waals surface area contributed by atoms with Crippen molar-refractivity contribution < 1.29 is 0 Å². The fraction of sp³-hybridized carbons (Fsp3) is 1.00. The number of nitrogens with zero attached hydrogens (tertiary/aromatic N) is 1. The molecule has 0 spiro atoms. The zero-order chi connectivity index (χ0) is 12.2. The van der Waals surface area contributed by atoms with E-state index in [0.29, 0.717) is 0 Å². The molecule has 1 aliphatic heterocycles. The first-order valence-corrected chi connectivity index (χ1v) is 6.79. The third-order valence-corrected chi connectivity index (χ3v) is 2.66. The number of nitrogens with one attached hydrogen (secondary N) is 4. The predicted octanol–water partition coefficient (Wildman–Crippen LogP) is -1.03. The van der Waals surface area contributed by atoms with Gasteiger partial charge < -0.3 is 16.4 Å². The molecule has 0 bridgehead atoms. The minimum absolute atomic E-state index is 0.787. The van der Waals surface area contributed by atoms with Gasteiger partial charge in [0.2, 0.25) is 0 Å². The van der Waals surface area contributed by atoms with Crippen molar-refractivity contribution in [2.24, 2.45) is 5.73 Å². The van der Waals surface area contributed by atoms with Crippen LogP contribution in [-0.4, -0.2) is 51.1 Å². The molecular weight excluding hydrogens is 216 g/mol. The lowest BCUT2D eigenvalue weighted by atomic mass is 10.3. The second-order valence-corrected chi connectivity index (χ2v) is 4.36. The first-order chi connectivity index (χ1) is 8.43. The molecular formula is C11H28N6. The number of hydrogen-bond acceptors (Lipinski definition) is 6. The Kier molecular flexibility index (Phi) is 9.49. The number of rotatable bonds is 13. The molecule has 102 valence electrons. The molecule has 1 aliphatic rings. The highest BCUT2D eigenvalue weighted by atomic mass is 15.9. The van der Waals surface area contributed by atoms with Crippen molar-refractivity contribution in [1.82, 2.24) is 26.6 Å². The van der Waals surface area contributed by atoms with Crippen LogP contribution in [0.2, 0.25) is 0 Å². The molecule has 17 heavy (non-hydrogen) atoms. The maximum Gasteiger partial charge on any atom is 0.0924 e. The van der Waals surface area contributed by atoms with Crippen molar-refractivity contribution >= 4 is 0 Å². The van der Waals surface area contributed by atoms with Gasteiger partial charge in [-0.1, -0.05) is 0 Å². The summed E-state index contributed by atoms with van der Waals surface area (Å²) in [7, 11) is 0. The average molecular weight is 244 g/mol. The highest BCUT2D eigenvalue weighted by Crippen LogP contribution is 1.87. The Hall–Kier alpha value is -0.240. The van der Waals surface area contributed by atoms with E-state index in [1.54, 1.807) is 0 Å². The molecule has 1 fully saturated rings. The molecule has 1 atom stereocenters. The van der Waals surface area contributed by atoms with Crippen molar-refractivity contribution in [3.05, 3.63) is 0 Å². The summed E-state index contributed by atoms with van der Waals surface area (Å²) in [5.41, 5.74) is 11.7. The van der Waals surface area contributed by atoms with Crippen LogP contribution >= 0.6 is 0 Å². The summed E-state index contributed by atoms with van der Waals surface area (Å²) in [6.45, 7) is 7.20. The third-order valence-electron chi connectivity index (χ3n) is 2.66. The monoisotopic (exact) mass is 244 g/mol. The van der Waals surface area contributed by atoms with Crippen LogP contribution in [0.25, 0.3) is 0 Å². The number of hydrogen-bond donors (Lipinski definition) is 5. The van der Waals surface area contributed by atoms with E-state index in [2.05, 4.69) is 21.5 Å². The zero-order valence-electron chi connectivity index (χ0n) is 10.8. The Morgan fingerprint density at radius 3 is 2.06 bits per heavy atom. The highest BCUT2D eigenvalue weighted by molar-refractivity contribution is 4.56. The van der Waals surface area contributed by atoms with Crippen LogP contribution in [0.3, 0.4) is 0 Å². The molecule has 0 aromatic carbocycles. The average Bonchev–Trinajstić information content (AvgIpc) is 3.15. The van der Waals surface area contributed by atoms with Crippen LogP contribution in [0.5, 0.6) is 0 Å².